The number of anilines is 1. The second-order valence-corrected chi connectivity index (χ2v) is 4.11. The molecule has 6 heteroatoms. The zero-order valence-electron chi connectivity index (χ0n) is 9.69. The van der Waals surface area contributed by atoms with Crippen molar-refractivity contribution in [2.75, 3.05) is 5.73 Å². The number of aryl methyl sites for hydroxylation is 1. The van der Waals surface area contributed by atoms with Gasteiger partial charge in [0.25, 0.3) is 0 Å². The maximum absolute atomic E-state index is 13.2. The number of hydrogen-bond acceptors (Lipinski definition) is 2. The zero-order chi connectivity index (χ0) is 13.7. The minimum Gasteiger partial charge on any atom is -0.398 e. The molecule has 2 N–H and O–H groups in total. The summed E-state index contributed by atoms with van der Waals surface area (Å²) in [5, 5.41) is 0.363. The second kappa shape index (κ2) is 3.83. The largest absolute Gasteiger partial charge is 0.433 e. The van der Waals surface area contributed by atoms with E-state index >= 15 is 0 Å². The molecule has 0 aliphatic rings. The lowest BCUT2D eigenvalue weighted by atomic mass is 10.0. The molecule has 1 heterocycles. The summed E-state index contributed by atoms with van der Waals surface area (Å²) >= 11 is 0. The molecule has 0 fully saturated rings. The van der Waals surface area contributed by atoms with Crippen molar-refractivity contribution >= 4 is 16.6 Å². The van der Waals surface area contributed by atoms with Gasteiger partial charge < -0.3 is 5.73 Å². The van der Waals surface area contributed by atoms with Crippen molar-refractivity contribution in [2.45, 2.75) is 20.0 Å². The Labute approximate surface area is 100 Å². The van der Waals surface area contributed by atoms with Crippen molar-refractivity contribution in [3.05, 3.63) is 34.8 Å². The molecule has 18 heavy (non-hydrogen) atoms. The van der Waals surface area contributed by atoms with E-state index in [1.54, 1.807) is 6.92 Å². The third kappa shape index (κ3) is 1.87. The number of nitrogens with zero attached hydrogens (tertiary/aromatic N) is 1. The third-order valence-electron chi connectivity index (χ3n) is 2.81. The average Bonchev–Trinajstić information content (AvgIpc) is 2.20. The Morgan fingerprint density at radius 1 is 1.17 bits per heavy atom. The van der Waals surface area contributed by atoms with Gasteiger partial charge in [-0.2, -0.15) is 13.2 Å². The van der Waals surface area contributed by atoms with E-state index in [1.165, 1.54) is 13.0 Å². The van der Waals surface area contributed by atoms with Crippen LogP contribution in [0, 0.1) is 19.7 Å². The molecular formula is C12H10F4N2. The van der Waals surface area contributed by atoms with Crippen LogP contribution in [0.2, 0.25) is 0 Å². The zero-order valence-corrected chi connectivity index (χ0v) is 9.69. The highest BCUT2D eigenvalue weighted by Crippen LogP contribution is 2.36. The van der Waals surface area contributed by atoms with Crippen LogP contribution in [0.25, 0.3) is 10.9 Å². The standard InChI is InChI=1S/C12H10F4N2/c1-5-3-7(13)4-8-9(5)10(17)6(2)11(18-8)12(14,15)16/h3-4H,1-2H3,(H2,17,18). The predicted octanol–water partition coefficient (Wildman–Crippen LogP) is 3.59. The number of pyridine rings is 1. The Bertz CT molecular complexity index is 632. The number of alkyl halides is 3. The van der Waals surface area contributed by atoms with Gasteiger partial charge in [-0.25, -0.2) is 9.37 Å². The van der Waals surface area contributed by atoms with Crippen molar-refractivity contribution < 1.29 is 17.6 Å². The van der Waals surface area contributed by atoms with Crippen LogP contribution < -0.4 is 5.73 Å². The van der Waals surface area contributed by atoms with Crippen molar-refractivity contribution in [1.29, 1.82) is 0 Å². The highest BCUT2D eigenvalue weighted by Gasteiger charge is 2.35. The number of fused-ring (bicyclic) bond motifs is 1. The molecule has 0 unspecified atom stereocenters. The summed E-state index contributed by atoms with van der Waals surface area (Å²) in [6.07, 6.45) is -4.60. The third-order valence-corrected chi connectivity index (χ3v) is 2.81. The summed E-state index contributed by atoms with van der Waals surface area (Å²) < 4.78 is 51.4. The summed E-state index contributed by atoms with van der Waals surface area (Å²) in [7, 11) is 0. The maximum atomic E-state index is 13.2. The molecule has 0 saturated heterocycles. The van der Waals surface area contributed by atoms with E-state index in [9.17, 15) is 17.6 Å². The molecule has 0 bridgehead atoms. The van der Waals surface area contributed by atoms with Crippen molar-refractivity contribution in [3.63, 3.8) is 0 Å². The first kappa shape index (κ1) is 12.6. The fourth-order valence-corrected chi connectivity index (χ4v) is 1.96. The number of aromatic nitrogens is 1. The van der Waals surface area contributed by atoms with Gasteiger partial charge in [0.1, 0.15) is 11.5 Å². The van der Waals surface area contributed by atoms with Crippen molar-refractivity contribution in [2.24, 2.45) is 0 Å². The Hall–Kier alpha value is -1.85. The minimum absolute atomic E-state index is 0.00942. The molecule has 2 aromatic rings. The molecule has 0 radical (unpaired) electrons. The molecule has 0 atom stereocenters. The lowest BCUT2D eigenvalue weighted by molar-refractivity contribution is -0.141. The Kier molecular flexibility index (Phi) is 2.68. The first-order chi connectivity index (χ1) is 8.21. The van der Waals surface area contributed by atoms with Crippen LogP contribution in [0.4, 0.5) is 23.2 Å². The summed E-state index contributed by atoms with van der Waals surface area (Å²) in [5.74, 6) is -0.635. The predicted molar refractivity (Wildman–Crippen MR) is 60.6 cm³/mol. The molecule has 1 aromatic heterocycles. The second-order valence-electron chi connectivity index (χ2n) is 4.11. The van der Waals surface area contributed by atoms with Crippen LogP contribution in [0.5, 0.6) is 0 Å². The molecule has 0 spiro atoms. The van der Waals surface area contributed by atoms with Gasteiger partial charge in [0.05, 0.1) is 5.52 Å². The van der Waals surface area contributed by atoms with Gasteiger partial charge in [0.15, 0.2) is 0 Å². The fourth-order valence-electron chi connectivity index (χ4n) is 1.96. The molecule has 96 valence electrons. The Morgan fingerprint density at radius 2 is 1.78 bits per heavy atom. The van der Waals surface area contributed by atoms with Crippen LogP contribution in [-0.4, -0.2) is 4.98 Å². The average molecular weight is 258 g/mol. The van der Waals surface area contributed by atoms with Crippen molar-refractivity contribution in [1.82, 2.24) is 4.98 Å². The van der Waals surface area contributed by atoms with E-state index in [1.807, 2.05) is 0 Å². The molecule has 2 rings (SSSR count). The summed E-state index contributed by atoms with van der Waals surface area (Å²) in [5.41, 5.74) is 4.87. The fraction of sp³-hybridized carbons (Fsp3) is 0.250. The lowest BCUT2D eigenvalue weighted by Gasteiger charge is -2.14. The smallest absolute Gasteiger partial charge is 0.398 e. The number of hydrogen-bond donors (Lipinski definition) is 1. The number of halogens is 4. The Morgan fingerprint density at radius 3 is 2.33 bits per heavy atom. The van der Waals surface area contributed by atoms with Gasteiger partial charge in [0, 0.05) is 22.7 Å². The highest BCUT2D eigenvalue weighted by molar-refractivity contribution is 5.94. The summed E-state index contributed by atoms with van der Waals surface area (Å²) in [6, 6.07) is 2.17. The minimum atomic E-state index is -4.60. The first-order valence-electron chi connectivity index (χ1n) is 5.15. The molecule has 1 aromatic carbocycles. The number of nitrogen functional groups attached to an aromatic ring is 1. The Balaban J connectivity index is 2.93. The first-order valence-corrected chi connectivity index (χ1v) is 5.15. The van der Waals surface area contributed by atoms with E-state index in [0.29, 0.717) is 10.9 Å². The maximum Gasteiger partial charge on any atom is 0.433 e. The van der Waals surface area contributed by atoms with Crippen molar-refractivity contribution in [3.8, 4) is 0 Å². The highest BCUT2D eigenvalue weighted by atomic mass is 19.4. The van der Waals surface area contributed by atoms with Crippen LogP contribution in [0.3, 0.4) is 0 Å². The van der Waals surface area contributed by atoms with E-state index < -0.39 is 17.7 Å². The molecule has 2 nitrogen and oxygen atoms in total. The number of rotatable bonds is 0. The van der Waals surface area contributed by atoms with Gasteiger partial charge in [-0.1, -0.05) is 0 Å². The van der Waals surface area contributed by atoms with E-state index in [4.69, 9.17) is 5.73 Å². The van der Waals surface area contributed by atoms with Gasteiger partial charge in [0.2, 0.25) is 0 Å². The quantitative estimate of drug-likeness (QED) is 0.733. The van der Waals surface area contributed by atoms with E-state index in [-0.39, 0.29) is 16.8 Å². The van der Waals surface area contributed by atoms with Gasteiger partial charge in [-0.3, -0.25) is 0 Å². The molecule has 0 aliphatic carbocycles. The van der Waals surface area contributed by atoms with Gasteiger partial charge in [-0.05, 0) is 25.5 Å². The summed E-state index contributed by atoms with van der Waals surface area (Å²) in [4.78, 5) is 3.48. The topological polar surface area (TPSA) is 38.9 Å². The van der Waals surface area contributed by atoms with Gasteiger partial charge in [-0.15, -0.1) is 0 Å². The molecule has 0 saturated carbocycles. The number of benzene rings is 1. The SMILES string of the molecule is Cc1c(C(F)(F)F)nc2cc(F)cc(C)c2c1N. The van der Waals surface area contributed by atoms with Crippen LogP contribution in [-0.2, 0) is 6.18 Å². The van der Waals surface area contributed by atoms with E-state index in [0.717, 1.165) is 6.07 Å². The number of nitrogens with two attached hydrogens (primary N) is 1. The summed E-state index contributed by atoms with van der Waals surface area (Å²) in [6.45, 7) is 2.84. The molecule has 0 amide bonds. The van der Waals surface area contributed by atoms with Gasteiger partial charge >= 0.3 is 6.18 Å². The molecular weight excluding hydrogens is 248 g/mol. The molecule has 0 aliphatic heterocycles. The lowest BCUT2D eigenvalue weighted by Crippen LogP contribution is -2.13. The van der Waals surface area contributed by atoms with Crippen LogP contribution >= 0.6 is 0 Å². The van der Waals surface area contributed by atoms with E-state index in [2.05, 4.69) is 4.98 Å². The normalized spacial score (nSPS) is 12.1. The van der Waals surface area contributed by atoms with Crippen LogP contribution in [0.15, 0.2) is 12.1 Å². The van der Waals surface area contributed by atoms with Crippen LogP contribution in [0.1, 0.15) is 16.8 Å². The monoisotopic (exact) mass is 258 g/mol.